The van der Waals surface area contributed by atoms with Crippen LogP contribution in [0.1, 0.15) is 54.4 Å². The number of ether oxygens (including phenoxy) is 1. The minimum atomic E-state index is -0.305. The highest BCUT2D eigenvalue weighted by molar-refractivity contribution is 5.92. The lowest BCUT2D eigenvalue weighted by Gasteiger charge is -2.25. The Balaban J connectivity index is 1.86. The molecule has 2 N–H and O–H groups in total. The van der Waals surface area contributed by atoms with Crippen molar-refractivity contribution in [1.29, 1.82) is 0 Å². The van der Waals surface area contributed by atoms with E-state index in [0.29, 0.717) is 19.7 Å². The molecule has 1 saturated heterocycles. The van der Waals surface area contributed by atoms with Gasteiger partial charge in [0.05, 0.1) is 6.10 Å². The van der Waals surface area contributed by atoms with Crippen molar-refractivity contribution in [3.63, 3.8) is 0 Å². The van der Waals surface area contributed by atoms with Crippen molar-refractivity contribution in [3.8, 4) is 0 Å². The third kappa shape index (κ3) is 5.01. The maximum Gasteiger partial charge on any atom is 0.273 e. The summed E-state index contributed by atoms with van der Waals surface area (Å²) in [6.45, 7) is 5.48. The van der Waals surface area contributed by atoms with Gasteiger partial charge in [-0.05, 0) is 42.5 Å². The number of benzene rings is 1. The normalized spacial score (nSPS) is 16.7. The maximum absolute atomic E-state index is 13.2. The number of nitrogen functional groups attached to an aromatic ring is 1. The van der Waals surface area contributed by atoms with Crippen molar-refractivity contribution in [3.05, 3.63) is 53.1 Å². The zero-order valence-corrected chi connectivity index (χ0v) is 15.7. The van der Waals surface area contributed by atoms with Gasteiger partial charge in [0.1, 0.15) is 11.5 Å². The van der Waals surface area contributed by atoms with E-state index in [4.69, 9.17) is 10.5 Å². The molecule has 2 heterocycles. The summed E-state index contributed by atoms with van der Waals surface area (Å²) in [6.07, 6.45) is 1.90. The van der Waals surface area contributed by atoms with Gasteiger partial charge in [-0.2, -0.15) is 0 Å². The van der Waals surface area contributed by atoms with Crippen LogP contribution in [0.25, 0.3) is 0 Å². The lowest BCUT2D eigenvalue weighted by atomic mass is 10.1. The Morgan fingerprint density at radius 1 is 1.33 bits per heavy atom. The minimum absolute atomic E-state index is 0.00171. The highest BCUT2D eigenvalue weighted by Gasteiger charge is 2.25. The number of aromatic nitrogens is 2. The first-order valence-corrected chi connectivity index (χ1v) is 9.22. The van der Waals surface area contributed by atoms with Crippen LogP contribution < -0.4 is 5.73 Å². The highest BCUT2D eigenvalue weighted by Crippen LogP contribution is 2.19. The summed E-state index contributed by atoms with van der Waals surface area (Å²) in [5.41, 5.74) is 7.65. The predicted molar refractivity (Wildman–Crippen MR) is 101 cm³/mol. The first-order valence-electron chi connectivity index (χ1n) is 9.22. The van der Waals surface area contributed by atoms with Crippen LogP contribution in [0.2, 0.25) is 0 Å². The van der Waals surface area contributed by atoms with E-state index < -0.39 is 0 Å². The van der Waals surface area contributed by atoms with Crippen LogP contribution in [0.5, 0.6) is 0 Å². The minimum Gasteiger partial charge on any atom is -0.376 e. The Kier molecular flexibility index (Phi) is 6.01. The van der Waals surface area contributed by atoms with E-state index in [9.17, 15) is 9.18 Å². The Bertz CT molecular complexity index is 789. The molecule has 0 unspecified atom stereocenters. The molecular formula is C20H25FN4O2. The SMILES string of the molecule is CC(C)c1cc(C(=O)N(Cc2ccc(F)cc2)C[C@H]2CCCO2)nc(N)n1. The molecule has 0 aliphatic carbocycles. The van der Waals surface area contributed by atoms with Gasteiger partial charge in [-0.3, -0.25) is 4.79 Å². The Hall–Kier alpha value is -2.54. The third-order valence-corrected chi connectivity index (χ3v) is 4.60. The maximum atomic E-state index is 13.2. The van der Waals surface area contributed by atoms with Crippen LogP contribution in [0, 0.1) is 5.82 Å². The van der Waals surface area contributed by atoms with Gasteiger partial charge < -0.3 is 15.4 Å². The molecule has 1 aromatic carbocycles. The lowest BCUT2D eigenvalue weighted by molar-refractivity contribution is 0.0502. The molecule has 3 rings (SSSR count). The van der Waals surface area contributed by atoms with Gasteiger partial charge in [0, 0.05) is 25.4 Å². The molecular weight excluding hydrogens is 347 g/mol. The van der Waals surface area contributed by atoms with Crippen LogP contribution in [-0.2, 0) is 11.3 Å². The lowest BCUT2D eigenvalue weighted by Crippen LogP contribution is -2.37. The Morgan fingerprint density at radius 3 is 2.70 bits per heavy atom. The van der Waals surface area contributed by atoms with Crippen molar-refractivity contribution >= 4 is 11.9 Å². The zero-order chi connectivity index (χ0) is 19.4. The summed E-state index contributed by atoms with van der Waals surface area (Å²) in [5, 5.41) is 0. The molecule has 2 aromatic rings. The summed E-state index contributed by atoms with van der Waals surface area (Å²) in [7, 11) is 0. The second-order valence-corrected chi connectivity index (χ2v) is 7.14. The number of carbonyl (C=O) groups excluding carboxylic acids is 1. The fourth-order valence-corrected chi connectivity index (χ4v) is 3.12. The van der Waals surface area contributed by atoms with E-state index in [2.05, 4.69) is 9.97 Å². The van der Waals surface area contributed by atoms with Gasteiger partial charge in [0.2, 0.25) is 5.95 Å². The largest absolute Gasteiger partial charge is 0.376 e. The quantitative estimate of drug-likeness (QED) is 0.842. The van der Waals surface area contributed by atoms with Gasteiger partial charge in [-0.15, -0.1) is 0 Å². The smallest absolute Gasteiger partial charge is 0.273 e. The van der Waals surface area contributed by atoms with E-state index in [1.807, 2.05) is 13.8 Å². The number of hydrogen-bond donors (Lipinski definition) is 1. The monoisotopic (exact) mass is 372 g/mol. The molecule has 7 heteroatoms. The van der Waals surface area contributed by atoms with E-state index in [1.165, 1.54) is 12.1 Å². The number of hydrogen-bond acceptors (Lipinski definition) is 5. The summed E-state index contributed by atoms with van der Waals surface area (Å²) in [5.74, 6) is -0.319. The van der Waals surface area contributed by atoms with E-state index in [1.54, 1.807) is 23.1 Å². The van der Waals surface area contributed by atoms with Crippen LogP contribution in [0.3, 0.4) is 0 Å². The van der Waals surface area contributed by atoms with Crippen LogP contribution in [0.4, 0.5) is 10.3 Å². The van der Waals surface area contributed by atoms with Gasteiger partial charge in [-0.25, -0.2) is 14.4 Å². The second-order valence-electron chi connectivity index (χ2n) is 7.14. The fourth-order valence-electron chi connectivity index (χ4n) is 3.12. The van der Waals surface area contributed by atoms with E-state index in [0.717, 1.165) is 24.1 Å². The molecule has 0 bridgehead atoms. The number of rotatable bonds is 6. The first-order chi connectivity index (χ1) is 12.9. The standard InChI is InChI=1S/C20H25FN4O2/c1-13(2)17-10-18(24-20(22)23-17)19(26)25(12-16-4-3-9-27-16)11-14-5-7-15(21)8-6-14/h5-8,10,13,16H,3-4,9,11-12H2,1-2H3,(H2,22,23,24)/t16-/m1/s1. The molecule has 1 fully saturated rings. The molecule has 1 aromatic heterocycles. The van der Waals surface area contributed by atoms with Crippen molar-refractivity contribution < 1.29 is 13.9 Å². The molecule has 6 nitrogen and oxygen atoms in total. The Labute approximate surface area is 158 Å². The summed E-state index contributed by atoms with van der Waals surface area (Å²) >= 11 is 0. The average molecular weight is 372 g/mol. The molecule has 1 amide bonds. The van der Waals surface area contributed by atoms with E-state index >= 15 is 0 Å². The number of amides is 1. The van der Waals surface area contributed by atoms with Crippen LogP contribution >= 0.6 is 0 Å². The molecule has 1 atom stereocenters. The summed E-state index contributed by atoms with van der Waals surface area (Å²) < 4.78 is 18.9. The van der Waals surface area contributed by atoms with Crippen molar-refractivity contribution in [2.45, 2.75) is 45.3 Å². The number of nitrogens with zero attached hydrogens (tertiary/aromatic N) is 3. The molecule has 0 radical (unpaired) electrons. The number of carbonyl (C=O) groups is 1. The predicted octanol–water partition coefficient (Wildman–Crippen LogP) is 3.14. The number of anilines is 1. The first kappa shape index (κ1) is 19.2. The van der Waals surface area contributed by atoms with Crippen molar-refractivity contribution in [2.75, 3.05) is 18.9 Å². The van der Waals surface area contributed by atoms with Gasteiger partial charge in [0.15, 0.2) is 0 Å². The summed E-state index contributed by atoms with van der Waals surface area (Å²) in [4.78, 5) is 23.2. The molecule has 1 aliphatic rings. The highest BCUT2D eigenvalue weighted by atomic mass is 19.1. The summed E-state index contributed by atoms with van der Waals surface area (Å²) in [6, 6.07) is 7.84. The second kappa shape index (κ2) is 8.43. The molecule has 0 spiro atoms. The van der Waals surface area contributed by atoms with Crippen LogP contribution in [0.15, 0.2) is 30.3 Å². The molecule has 1 aliphatic heterocycles. The van der Waals surface area contributed by atoms with Crippen molar-refractivity contribution in [2.24, 2.45) is 0 Å². The topological polar surface area (TPSA) is 81.3 Å². The van der Waals surface area contributed by atoms with Gasteiger partial charge in [-0.1, -0.05) is 26.0 Å². The Morgan fingerprint density at radius 2 is 2.07 bits per heavy atom. The molecule has 0 saturated carbocycles. The van der Waals surface area contributed by atoms with Gasteiger partial charge in [0.25, 0.3) is 5.91 Å². The molecule has 27 heavy (non-hydrogen) atoms. The average Bonchev–Trinajstić information content (AvgIpc) is 3.15. The number of halogens is 1. The molecule has 144 valence electrons. The van der Waals surface area contributed by atoms with Crippen molar-refractivity contribution in [1.82, 2.24) is 14.9 Å². The number of nitrogens with two attached hydrogens (primary N) is 1. The van der Waals surface area contributed by atoms with E-state index in [-0.39, 0.29) is 35.4 Å². The van der Waals surface area contributed by atoms with Gasteiger partial charge >= 0.3 is 0 Å². The fraction of sp³-hybridized carbons (Fsp3) is 0.450. The zero-order valence-electron chi connectivity index (χ0n) is 15.7. The third-order valence-electron chi connectivity index (χ3n) is 4.60. The van der Waals surface area contributed by atoms with Crippen LogP contribution in [-0.4, -0.2) is 40.0 Å².